The fourth-order valence-corrected chi connectivity index (χ4v) is 2.36. The lowest BCUT2D eigenvalue weighted by Crippen LogP contribution is -1.97. The fourth-order valence-electron chi connectivity index (χ4n) is 1.73. The number of hydrogen-bond acceptors (Lipinski definition) is 4. The van der Waals surface area contributed by atoms with Gasteiger partial charge < -0.3 is 9.73 Å². The molecule has 4 heteroatoms. The van der Waals surface area contributed by atoms with E-state index in [1.165, 1.54) is 0 Å². The number of furan rings is 1. The molecule has 0 radical (unpaired) electrons. The third kappa shape index (κ3) is 2.43. The van der Waals surface area contributed by atoms with Gasteiger partial charge in [0.1, 0.15) is 5.01 Å². The van der Waals surface area contributed by atoms with E-state index in [9.17, 15) is 0 Å². The van der Waals surface area contributed by atoms with Crippen LogP contribution in [0.25, 0.3) is 10.6 Å². The average molecular weight is 256 g/mol. The van der Waals surface area contributed by atoms with Crippen molar-refractivity contribution in [2.75, 3.05) is 5.32 Å². The highest BCUT2D eigenvalue weighted by atomic mass is 32.1. The summed E-state index contributed by atoms with van der Waals surface area (Å²) in [4.78, 5) is 4.31. The maximum Gasteiger partial charge on any atom is 0.123 e. The summed E-state index contributed by atoms with van der Waals surface area (Å²) in [6.07, 6.45) is 5.26. The Morgan fingerprint density at radius 3 is 3.06 bits per heavy atom. The Morgan fingerprint density at radius 2 is 2.28 bits per heavy atom. The Morgan fingerprint density at radius 1 is 1.28 bits per heavy atom. The van der Waals surface area contributed by atoms with Crippen LogP contribution in [0, 0.1) is 0 Å². The Hall–Kier alpha value is -2.07. The Kier molecular flexibility index (Phi) is 3.10. The summed E-state index contributed by atoms with van der Waals surface area (Å²) in [6, 6.07) is 10.2. The van der Waals surface area contributed by atoms with Gasteiger partial charge in [0, 0.05) is 34.9 Å². The molecule has 3 aromatic rings. The summed E-state index contributed by atoms with van der Waals surface area (Å²) in [5.41, 5.74) is 3.36. The summed E-state index contributed by atoms with van der Waals surface area (Å²) >= 11 is 1.65. The molecule has 90 valence electrons. The van der Waals surface area contributed by atoms with Crippen LogP contribution in [0.3, 0.4) is 0 Å². The number of hydrogen-bond donors (Lipinski definition) is 1. The second-order valence-corrected chi connectivity index (χ2v) is 4.80. The Balaban J connectivity index is 1.75. The topological polar surface area (TPSA) is 38.1 Å². The molecule has 18 heavy (non-hydrogen) atoms. The lowest BCUT2D eigenvalue weighted by Gasteiger charge is -2.06. The molecule has 2 heterocycles. The summed E-state index contributed by atoms with van der Waals surface area (Å²) in [5.74, 6) is 0. The van der Waals surface area contributed by atoms with Gasteiger partial charge in [0.15, 0.2) is 0 Å². The average Bonchev–Trinajstić information content (AvgIpc) is 3.10. The van der Waals surface area contributed by atoms with Crippen molar-refractivity contribution in [3.8, 4) is 10.6 Å². The zero-order valence-corrected chi connectivity index (χ0v) is 10.5. The van der Waals surface area contributed by atoms with E-state index in [2.05, 4.69) is 28.5 Å². The molecule has 0 amide bonds. The second kappa shape index (κ2) is 5.06. The molecule has 0 unspecified atom stereocenters. The van der Waals surface area contributed by atoms with Gasteiger partial charge in [-0.3, -0.25) is 0 Å². The molecule has 0 saturated carbocycles. The highest BCUT2D eigenvalue weighted by molar-refractivity contribution is 7.13. The first-order valence-corrected chi connectivity index (χ1v) is 6.55. The van der Waals surface area contributed by atoms with E-state index in [0.29, 0.717) is 0 Å². The van der Waals surface area contributed by atoms with Crippen LogP contribution in [0.2, 0.25) is 0 Å². The zero-order valence-electron chi connectivity index (χ0n) is 9.67. The number of benzene rings is 1. The van der Waals surface area contributed by atoms with Crippen LogP contribution in [0.15, 0.2) is 58.9 Å². The van der Waals surface area contributed by atoms with Gasteiger partial charge in [-0.2, -0.15) is 0 Å². The maximum absolute atomic E-state index is 5.04. The normalized spacial score (nSPS) is 10.4. The molecule has 3 rings (SSSR count). The first kappa shape index (κ1) is 11.0. The van der Waals surface area contributed by atoms with E-state index in [1.54, 1.807) is 23.9 Å². The van der Waals surface area contributed by atoms with Gasteiger partial charge in [0.25, 0.3) is 0 Å². The van der Waals surface area contributed by atoms with E-state index < -0.39 is 0 Å². The standard InChI is InChI=1S/C14H12N2OS/c1-2-12(14-15-5-7-18-14)8-13(3-1)16-9-11-4-6-17-10-11/h1-8,10,16H,9H2. The summed E-state index contributed by atoms with van der Waals surface area (Å²) in [7, 11) is 0. The molecular weight excluding hydrogens is 244 g/mol. The third-order valence-corrected chi connectivity index (χ3v) is 3.44. The molecule has 1 aromatic carbocycles. The van der Waals surface area contributed by atoms with E-state index in [0.717, 1.165) is 28.4 Å². The van der Waals surface area contributed by atoms with Crippen LogP contribution in [0.4, 0.5) is 5.69 Å². The molecule has 0 aliphatic rings. The van der Waals surface area contributed by atoms with Crippen LogP contribution < -0.4 is 5.32 Å². The van der Waals surface area contributed by atoms with Crippen molar-refractivity contribution >= 4 is 17.0 Å². The van der Waals surface area contributed by atoms with Crippen molar-refractivity contribution in [1.29, 1.82) is 0 Å². The number of aromatic nitrogens is 1. The Bertz CT molecular complexity index is 603. The molecule has 0 bridgehead atoms. The lowest BCUT2D eigenvalue weighted by atomic mass is 10.2. The van der Waals surface area contributed by atoms with Gasteiger partial charge >= 0.3 is 0 Å². The minimum absolute atomic E-state index is 0.762. The predicted molar refractivity (Wildman–Crippen MR) is 73.6 cm³/mol. The van der Waals surface area contributed by atoms with Gasteiger partial charge in [0.2, 0.25) is 0 Å². The predicted octanol–water partition coefficient (Wildman–Crippen LogP) is 4.02. The molecule has 0 spiro atoms. The monoisotopic (exact) mass is 256 g/mol. The molecule has 0 saturated heterocycles. The van der Waals surface area contributed by atoms with Crippen molar-refractivity contribution in [3.63, 3.8) is 0 Å². The molecular formula is C14H12N2OS. The summed E-state index contributed by atoms with van der Waals surface area (Å²) < 4.78 is 5.04. The quantitative estimate of drug-likeness (QED) is 0.766. The molecule has 0 fully saturated rings. The second-order valence-electron chi connectivity index (χ2n) is 3.90. The van der Waals surface area contributed by atoms with E-state index in [1.807, 2.05) is 23.7 Å². The zero-order chi connectivity index (χ0) is 12.2. The van der Waals surface area contributed by atoms with Crippen molar-refractivity contribution in [1.82, 2.24) is 4.98 Å². The number of thiazole rings is 1. The van der Waals surface area contributed by atoms with Gasteiger partial charge in [-0.05, 0) is 18.2 Å². The highest BCUT2D eigenvalue weighted by Gasteiger charge is 2.01. The third-order valence-electron chi connectivity index (χ3n) is 2.62. The molecule has 0 atom stereocenters. The van der Waals surface area contributed by atoms with Crippen LogP contribution in [0.1, 0.15) is 5.56 Å². The minimum Gasteiger partial charge on any atom is -0.472 e. The highest BCUT2D eigenvalue weighted by Crippen LogP contribution is 2.24. The van der Waals surface area contributed by atoms with Crippen LogP contribution in [-0.4, -0.2) is 4.98 Å². The molecule has 2 aromatic heterocycles. The molecule has 1 N–H and O–H groups in total. The van der Waals surface area contributed by atoms with Crippen LogP contribution >= 0.6 is 11.3 Å². The number of nitrogens with one attached hydrogen (secondary N) is 1. The minimum atomic E-state index is 0.762. The lowest BCUT2D eigenvalue weighted by molar-refractivity contribution is 0.564. The fraction of sp³-hybridized carbons (Fsp3) is 0.0714. The first-order chi connectivity index (χ1) is 8.92. The van der Waals surface area contributed by atoms with E-state index in [4.69, 9.17) is 4.42 Å². The molecule has 0 aliphatic carbocycles. The van der Waals surface area contributed by atoms with Crippen molar-refractivity contribution < 1.29 is 4.42 Å². The van der Waals surface area contributed by atoms with Gasteiger partial charge in [-0.15, -0.1) is 11.3 Å². The maximum atomic E-state index is 5.04. The molecule has 3 nitrogen and oxygen atoms in total. The van der Waals surface area contributed by atoms with Gasteiger partial charge in [-0.25, -0.2) is 4.98 Å². The Labute approximate surface area is 109 Å². The van der Waals surface area contributed by atoms with Gasteiger partial charge in [0.05, 0.1) is 12.5 Å². The number of anilines is 1. The van der Waals surface area contributed by atoms with Crippen LogP contribution in [0.5, 0.6) is 0 Å². The van der Waals surface area contributed by atoms with Crippen molar-refractivity contribution in [3.05, 3.63) is 60.0 Å². The largest absolute Gasteiger partial charge is 0.472 e. The number of rotatable bonds is 4. The summed E-state index contributed by atoms with van der Waals surface area (Å²) in [5, 5.41) is 6.40. The molecule has 0 aliphatic heterocycles. The smallest absolute Gasteiger partial charge is 0.123 e. The van der Waals surface area contributed by atoms with E-state index in [-0.39, 0.29) is 0 Å². The SMILES string of the molecule is c1cc(NCc2ccoc2)cc(-c2nccs2)c1. The van der Waals surface area contributed by atoms with Crippen LogP contribution in [-0.2, 0) is 6.54 Å². The first-order valence-electron chi connectivity index (χ1n) is 5.67. The van der Waals surface area contributed by atoms with E-state index >= 15 is 0 Å². The summed E-state index contributed by atoms with van der Waals surface area (Å²) in [6.45, 7) is 0.762. The number of nitrogens with zero attached hydrogens (tertiary/aromatic N) is 1. The van der Waals surface area contributed by atoms with Crippen molar-refractivity contribution in [2.24, 2.45) is 0 Å². The van der Waals surface area contributed by atoms with Gasteiger partial charge in [-0.1, -0.05) is 12.1 Å². The van der Waals surface area contributed by atoms with Crippen molar-refractivity contribution in [2.45, 2.75) is 6.54 Å².